The number of benzene rings is 1. The first-order chi connectivity index (χ1) is 8.60. The summed E-state index contributed by atoms with van der Waals surface area (Å²) in [6.07, 6.45) is 2.63. The number of hydrogen-bond donors (Lipinski definition) is 2. The number of aryl methyl sites for hydroxylation is 2. The second-order valence-corrected chi connectivity index (χ2v) is 5.52. The summed E-state index contributed by atoms with van der Waals surface area (Å²) in [5.74, 6) is 0.943. The molecule has 1 aromatic rings. The minimum atomic E-state index is 0.457. The third-order valence-electron chi connectivity index (χ3n) is 3.98. The molecule has 1 aliphatic rings. The van der Waals surface area contributed by atoms with Gasteiger partial charge in [-0.15, -0.1) is 0 Å². The van der Waals surface area contributed by atoms with Gasteiger partial charge in [-0.1, -0.05) is 0 Å². The van der Waals surface area contributed by atoms with Crippen LogP contribution in [-0.4, -0.2) is 27.2 Å². The topological polar surface area (TPSA) is 33.3 Å². The molecule has 0 aliphatic heterocycles. The molecule has 18 heavy (non-hydrogen) atoms. The van der Waals surface area contributed by atoms with Crippen molar-refractivity contribution in [3.8, 4) is 5.75 Å². The van der Waals surface area contributed by atoms with Gasteiger partial charge in [-0.3, -0.25) is 0 Å². The Hall–Kier alpha value is -1.22. The third kappa shape index (κ3) is 2.78. The predicted molar refractivity (Wildman–Crippen MR) is 76.6 cm³/mol. The van der Waals surface area contributed by atoms with Crippen molar-refractivity contribution in [2.45, 2.75) is 26.7 Å². The highest BCUT2D eigenvalue weighted by Gasteiger charge is 2.41. The zero-order valence-electron chi connectivity index (χ0n) is 11.9. The summed E-state index contributed by atoms with van der Waals surface area (Å²) < 4.78 is 5.45. The molecule has 0 aromatic heterocycles. The molecule has 3 nitrogen and oxygen atoms in total. The lowest BCUT2D eigenvalue weighted by Gasteiger charge is -2.19. The maximum absolute atomic E-state index is 5.45. The molecule has 3 heteroatoms. The van der Waals surface area contributed by atoms with Crippen molar-refractivity contribution in [1.82, 2.24) is 5.32 Å². The van der Waals surface area contributed by atoms with Gasteiger partial charge in [0.1, 0.15) is 5.75 Å². The van der Waals surface area contributed by atoms with E-state index in [-0.39, 0.29) is 0 Å². The molecule has 0 bridgehead atoms. The Morgan fingerprint density at radius 1 is 1.17 bits per heavy atom. The van der Waals surface area contributed by atoms with E-state index in [4.69, 9.17) is 4.74 Å². The van der Waals surface area contributed by atoms with Crippen LogP contribution in [-0.2, 0) is 0 Å². The lowest BCUT2D eigenvalue weighted by Crippen LogP contribution is -2.27. The molecular weight excluding hydrogens is 224 g/mol. The Morgan fingerprint density at radius 3 is 2.39 bits per heavy atom. The molecule has 0 radical (unpaired) electrons. The Kier molecular flexibility index (Phi) is 3.81. The highest BCUT2D eigenvalue weighted by atomic mass is 16.5. The summed E-state index contributed by atoms with van der Waals surface area (Å²) in [4.78, 5) is 0. The minimum absolute atomic E-state index is 0.457. The Balaban J connectivity index is 2.07. The van der Waals surface area contributed by atoms with E-state index in [2.05, 4.69) is 36.6 Å². The fraction of sp³-hybridized carbons (Fsp3) is 0.600. The largest absolute Gasteiger partial charge is 0.495 e. The summed E-state index contributed by atoms with van der Waals surface area (Å²) in [6.45, 7) is 6.37. The van der Waals surface area contributed by atoms with Crippen LogP contribution in [0.4, 0.5) is 5.69 Å². The summed E-state index contributed by atoms with van der Waals surface area (Å²) in [6, 6.07) is 4.29. The van der Waals surface area contributed by atoms with Crippen LogP contribution >= 0.6 is 0 Å². The molecule has 0 spiro atoms. The summed E-state index contributed by atoms with van der Waals surface area (Å²) in [5.41, 5.74) is 4.15. The molecule has 0 amide bonds. The van der Waals surface area contributed by atoms with Gasteiger partial charge in [0.05, 0.1) is 12.8 Å². The smallest absolute Gasteiger partial charge is 0.142 e. The van der Waals surface area contributed by atoms with Gasteiger partial charge in [0.2, 0.25) is 0 Å². The molecule has 2 rings (SSSR count). The van der Waals surface area contributed by atoms with E-state index < -0.39 is 0 Å². The molecule has 0 saturated heterocycles. The van der Waals surface area contributed by atoms with E-state index in [1.54, 1.807) is 7.11 Å². The Bertz CT molecular complexity index is 425. The molecule has 1 fully saturated rings. The first kappa shape index (κ1) is 13.2. The molecule has 1 aliphatic carbocycles. The van der Waals surface area contributed by atoms with Crippen molar-refractivity contribution in [3.05, 3.63) is 23.3 Å². The predicted octanol–water partition coefficient (Wildman–Crippen LogP) is 2.72. The normalized spacial score (nSPS) is 16.4. The van der Waals surface area contributed by atoms with E-state index in [0.717, 1.165) is 24.5 Å². The molecular formula is C15H24N2O. The van der Waals surface area contributed by atoms with Crippen molar-refractivity contribution in [3.63, 3.8) is 0 Å². The van der Waals surface area contributed by atoms with E-state index >= 15 is 0 Å². The molecule has 100 valence electrons. The van der Waals surface area contributed by atoms with Crippen LogP contribution in [0.2, 0.25) is 0 Å². The lowest BCUT2D eigenvalue weighted by molar-refractivity contribution is 0.415. The summed E-state index contributed by atoms with van der Waals surface area (Å²) in [5, 5.41) is 6.84. The number of anilines is 1. The van der Waals surface area contributed by atoms with Gasteiger partial charge in [0.25, 0.3) is 0 Å². The lowest BCUT2D eigenvalue weighted by atomic mass is 10.1. The SMILES string of the molecule is CNCC1(CNc2cc(C)c(C)cc2OC)CC1. The average molecular weight is 248 g/mol. The van der Waals surface area contributed by atoms with Crippen LogP contribution in [0.1, 0.15) is 24.0 Å². The number of methoxy groups -OCH3 is 1. The van der Waals surface area contributed by atoms with Gasteiger partial charge in [0, 0.05) is 18.5 Å². The van der Waals surface area contributed by atoms with Gasteiger partial charge >= 0.3 is 0 Å². The Morgan fingerprint density at radius 2 is 1.83 bits per heavy atom. The van der Waals surface area contributed by atoms with Crippen molar-refractivity contribution in [1.29, 1.82) is 0 Å². The quantitative estimate of drug-likeness (QED) is 0.812. The van der Waals surface area contributed by atoms with E-state index in [1.807, 2.05) is 7.05 Å². The van der Waals surface area contributed by atoms with Gasteiger partial charge in [-0.25, -0.2) is 0 Å². The standard InChI is InChI=1S/C15H24N2O/c1-11-7-13(14(18-4)8-12(11)2)17-10-15(5-6-15)9-16-3/h7-8,16-17H,5-6,9-10H2,1-4H3. The van der Waals surface area contributed by atoms with Crippen LogP contribution in [0.15, 0.2) is 12.1 Å². The van der Waals surface area contributed by atoms with Crippen LogP contribution in [0, 0.1) is 19.3 Å². The van der Waals surface area contributed by atoms with Crippen molar-refractivity contribution in [2.75, 3.05) is 32.6 Å². The highest BCUT2D eigenvalue weighted by molar-refractivity contribution is 5.60. The molecule has 0 atom stereocenters. The van der Waals surface area contributed by atoms with Crippen molar-refractivity contribution in [2.24, 2.45) is 5.41 Å². The first-order valence-electron chi connectivity index (χ1n) is 6.64. The van der Waals surface area contributed by atoms with Crippen molar-refractivity contribution >= 4 is 5.69 Å². The monoisotopic (exact) mass is 248 g/mol. The fourth-order valence-corrected chi connectivity index (χ4v) is 2.35. The number of hydrogen-bond acceptors (Lipinski definition) is 3. The Labute approximate surface area is 110 Å². The summed E-state index contributed by atoms with van der Waals surface area (Å²) in [7, 11) is 3.76. The zero-order valence-corrected chi connectivity index (χ0v) is 11.9. The van der Waals surface area contributed by atoms with Gasteiger partial charge in [-0.2, -0.15) is 0 Å². The van der Waals surface area contributed by atoms with Crippen LogP contribution < -0.4 is 15.4 Å². The number of ether oxygens (including phenoxy) is 1. The van der Waals surface area contributed by atoms with Crippen molar-refractivity contribution < 1.29 is 4.74 Å². The van der Waals surface area contributed by atoms with E-state index in [1.165, 1.54) is 24.0 Å². The van der Waals surface area contributed by atoms with E-state index in [9.17, 15) is 0 Å². The van der Waals surface area contributed by atoms with Gasteiger partial charge in [-0.05, 0) is 57.0 Å². The molecule has 2 N–H and O–H groups in total. The third-order valence-corrected chi connectivity index (χ3v) is 3.98. The van der Waals surface area contributed by atoms with E-state index in [0.29, 0.717) is 5.41 Å². The van der Waals surface area contributed by atoms with Gasteiger partial charge in [0.15, 0.2) is 0 Å². The zero-order chi connectivity index (χ0) is 13.2. The maximum Gasteiger partial charge on any atom is 0.142 e. The highest BCUT2D eigenvalue weighted by Crippen LogP contribution is 2.45. The molecule has 1 aromatic carbocycles. The summed E-state index contributed by atoms with van der Waals surface area (Å²) >= 11 is 0. The first-order valence-corrected chi connectivity index (χ1v) is 6.64. The molecule has 1 saturated carbocycles. The minimum Gasteiger partial charge on any atom is -0.495 e. The fourth-order valence-electron chi connectivity index (χ4n) is 2.35. The maximum atomic E-state index is 5.45. The van der Waals surface area contributed by atoms with Crippen LogP contribution in [0.5, 0.6) is 5.75 Å². The second kappa shape index (κ2) is 5.19. The second-order valence-electron chi connectivity index (χ2n) is 5.52. The van der Waals surface area contributed by atoms with Gasteiger partial charge < -0.3 is 15.4 Å². The average Bonchev–Trinajstić information content (AvgIpc) is 3.11. The molecule has 0 heterocycles. The number of rotatable bonds is 6. The van der Waals surface area contributed by atoms with Crippen LogP contribution in [0.25, 0.3) is 0 Å². The number of nitrogens with one attached hydrogen (secondary N) is 2. The molecule has 0 unspecified atom stereocenters. The van der Waals surface area contributed by atoms with Crippen LogP contribution in [0.3, 0.4) is 0 Å².